The molecular formula is C23H19NO5. The molecule has 6 heteroatoms. The van der Waals surface area contributed by atoms with Gasteiger partial charge in [-0.05, 0) is 42.1 Å². The molecule has 0 saturated heterocycles. The molecule has 1 atom stereocenters. The van der Waals surface area contributed by atoms with Crippen molar-refractivity contribution in [3.8, 4) is 34.1 Å². The van der Waals surface area contributed by atoms with Crippen LogP contribution in [-0.4, -0.2) is 26.4 Å². The van der Waals surface area contributed by atoms with Crippen LogP contribution in [0.15, 0.2) is 36.4 Å². The lowest BCUT2D eigenvalue weighted by molar-refractivity contribution is -0.117. The van der Waals surface area contributed by atoms with Crippen LogP contribution in [0.1, 0.15) is 24.9 Å². The van der Waals surface area contributed by atoms with Crippen LogP contribution in [-0.2, 0) is 4.79 Å². The number of nitrogens with zero attached hydrogens (tertiary/aromatic N) is 1. The maximum atomic E-state index is 12.2. The van der Waals surface area contributed by atoms with E-state index in [0.29, 0.717) is 6.42 Å². The molecule has 6 rings (SSSR count). The van der Waals surface area contributed by atoms with Gasteiger partial charge < -0.3 is 23.8 Å². The summed E-state index contributed by atoms with van der Waals surface area (Å²) < 4.78 is 22.6. The minimum absolute atomic E-state index is 0.130. The van der Waals surface area contributed by atoms with E-state index in [9.17, 15) is 4.79 Å². The van der Waals surface area contributed by atoms with Crippen LogP contribution < -0.4 is 23.8 Å². The standard InChI is InChI=1S/C23H19NO5/c1-12(25)7-17-21-14(5-6-18-23(21)29-11-26-18)15-4-3-13-8-19-20(28-10-27-19)9-16(13)22(15)24(17)2/h3-6,8-9,17H,7,10-11H2,1-2H3. The van der Waals surface area contributed by atoms with Gasteiger partial charge in [0, 0.05) is 30.0 Å². The van der Waals surface area contributed by atoms with Crippen LogP contribution >= 0.6 is 0 Å². The maximum absolute atomic E-state index is 12.2. The first-order valence-corrected chi connectivity index (χ1v) is 9.63. The number of ketones is 1. The number of ether oxygens (including phenoxy) is 4. The van der Waals surface area contributed by atoms with Gasteiger partial charge in [0.15, 0.2) is 23.0 Å². The van der Waals surface area contributed by atoms with Crippen LogP contribution in [0.25, 0.3) is 21.9 Å². The van der Waals surface area contributed by atoms with Crippen molar-refractivity contribution in [3.05, 3.63) is 42.0 Å². The van der Waals surface area contributed by atoms with Gasteiger partial charge in [0.05, 0.1) is 11.7 Å². The number of Topliss-reactive ketones (excluding diaryl/α,β-unsaturated/α-hetero) is 1. The average Bonchev–Trinajstić information content (AvgIpc) is 3.36. The Morgan fingerprint density at radius 3 is 2.52 bits per heavy atom. The van der Waals surface area contributed by atoms with Gasteiger partial charge in [-0.15, -0.1) is 0 Å². The zero-order valence-corrected chi connectivity index (χ0v) is 16.2. The monoisotopic (exact) mass is 389 g/mol. The Morgan fingerprint density at radius 2 is 1.69 bits per heavy atom. The predicted molar refractivity (Wildman–Crippen MR) is 108 cm³/mol. The Bertz CT molecular complexity index is 1200. The van der Waals surface area contributed by atoms with Crippen molar-refractivity contribution in [3.63, 3.8) is 0 Å². The molecule has 3 heterocycles. The van der Waals surface area contributed by atoms with Gasteiger partial charge in [-0.2, -0.15) is 0 Å². The lowest BCUT2D eigenvalue weighted by Crippen LogP contribution is -2.30. The van der Waals surface area contributed by atoms with E-state index >= 15 is 0 Å². The largest absolute Gasteiger partial charge is 0.454 e. The molecule has 0 N–H and O–H groups in total. The molecule has 3 aromatic carbocycles. The van der Waals surface area contributed by atoms with Crippen molar-refractivity contribution >= 4 is 22.2 Å². The molecule has 0 fully saturated rings. The smallest absolute Gasteiger partial charge is 0.231 e. The van der Waals surface area contributed by atoms with E-state index in [2.05, 4.69) is 23.1 Å². The summed E-state index contributed by atoms with van der Waals surface area (Å²) in [6, 6.07) is 12.2. The van der Waals surface area contributed by atoms with Gasteiger partial charge >= 0.3 is 0 Å². The molecule has 0 radical (unpaired) electrons. The Morgan fingerprint density at radius 1 is 0.966 bits per heavy atom. The van der Waals surface area contributed by atoms with Crippen LogP contribution in [0.3, 0.4) is 0 Å². The molecule has 3 aliphatic rings. The fourth-order valence-electron chi connectivity index (χ4n) is 4.72. The summed E-state index contributed by atoms with van der Waals surface area (Å²) in [7, 11) is 2.04. The van der Waals surface area contributed by atoms with Crippen molar-refractivity contribution in [2.75, 3.05) is 25.5 Å². The second-order valence-electron chi connectivity index (χ2n) is 7.68. The molecule has 1 unspecified atom stereocenters. The highest BCUT2D eigenvalue weighted by Crippen LogP contribution is 2.55. The van der Waals surface area contributed by atoms with Crippen LogP contribution in [0.5, 0.6) is 23.0 Å². The van der Waals surface area contributed by atoms with Crippen molar-refractivity contribution in [2.45, 2.75) is 19.4 Å². The number of carbonyl (C=O) groups is 1. The van der Waals surface area contributed by atoms with Crippen molar-refractivity contribution in [1.82, 2.24) is 0 Å². The third-order valence-electron chi connectivity index (χ3n) is 5.99. The maximum Gasteiger partial charge on any atom is 0.231 e. The number of hydrogen-bond acceptors (Lipinski definition) is 6. The quantitative estimate of drug-likeness (QED) is 0.646. The van der Waals surface area contributed by atoms with Gasteiger partial charge in [-0.25, -0.2) is 0 Å². The van der Waals surface area contributed by atoms with Crippen molar-refractivity contribution < 1.29 is 23.7 Å². The third kappa shape index (κ3) is 2.26. The molecule has 6 nitrogen and oxygen atoms in total. The Balaban J connectivity index is 1.66. The summed E-state index contributed by atoms with van der Waals surface area (Å²) in [6.45, 7) is 2.07. The molecule has 0 saturated carbocycles. The number of rotatable bonds is 2. The van der Waals surface area contributed by atoms with E-state index in [1.165, 1.54) is 0 Å². The van der Waals surface area contributed by atoms with Gasteiger partial charge in [0.25, 0.3) is 0 Å². The summed E-state index contributed by atoms with van der Waals surface area (Å²) >= 11 is 0. The zero-order valence-electron chi connectivity index (χ0n) is 16.2. The normalized spacial score (nSPS) is 18.0. The molecule has 0 amide bonds. The second kappa shape index (κ2) is 5.80. The van der Waals surface area contributed by atoms with Gasteiger partial charge in [-0.1, -0.05) is 12.1 Å². The Hall–Kier alpha value is -3.41. The van der Waals surface area contributed by atoms with E-state index in [0.717, 1.165) is 56.1 Å². The minimum Gasteiger partial charge on any atom is -0.454 e. The van der Waals surface area contributed by atoms with Crippen molar-refractivity contribution in [1.29, 1.82) is 0 Å². The lowest BCUT2D eigenvalue weighted by Gasteiger charge is -2.38. The first-order valence-electron chi connectivity index (χ1n) is 9.63. The minimum atomic E-state index is -0.136. The van der Waals surface area contributed by atoms with E-state index in [1.807, 2.05) is 25.2 Å². The third-order valence-corrected chi connectivity index (χ3v) is 5.99. The molecule has 0 aromatic heterocycles. The van der Waals surface area contributed by atoms with Crippen molar-refractivity contribution in [2.24, 2.45) is 0 Å². The highest BCUT2D eigenvalue weighted by molar-refractivity contribution is 6.06. The van der Waals surface area contributed by atoms with Crippen LogP contribution in [0.4, 0.5) is 5.69 Å². The first-order chi connectivity index (χ1) is 14.1. The molecule has 0 bridgehead atoms. The summed E-state index contributed by atoms with van der Waals surface area (Å²) in [5, 5.41) is 2.15. The van der Waals surface area contributed by atoms with E-state index in [-0.39, 0.29) is 25.4 Å². The fourth-order valence-corrected chi connectivity index (χ4v) is 4.72. The van der Waals surface area contributed by atoms with E-state index < -0.39 is 0 Å². The number of fused-ring (bicyclic) bond motifs is 8. The van der Waals surface area contributed by atoms with Crippen LogP contribution in [0, 0.1) is 0 Å². The topological polar surface area (TPSA) is 57.2 Å². The number of hydrogen-bond donors (Lipinski definition) is 0. The summed E-state index contributed by atoms with van der Waals surface area (Å²) in [5.41, 5.74) is 4.28. The molecule has 3 aliphatic heterocycles. The Kier molecular flexibility index (Phi) is 3.30. The first kappa shape index (κ1) is 16.5. The molecule has 0 spiro atoms. The molecular weight excluding hydrogens is 370 g/mol. The SMILES string of the molecule is CC(=O)CC1c2c(ccc3c2OCO3)-c2ccc3cc4c(cc3c2N1C)OCO4. The number of benzene rings is 3. The molecule has 29 heavy (non-hydrogen) atoms. The predicted octanol–water partition coefficient (Wildman–Crippen LogP) is 4.43. The summed E-state index contributed by atoms with van der Waals surface area (Å²) in [6.07, 6.45) is 0.393. The van der Waals surface area contributed by atoms with E-state index in [1.54, 1.807) is 6.92 Å². The second-order valence-corrected chi connectivity index (χ2v) is 7.68. The van der Waals surface area contributed by atoms with Gasteiger partial charge in [0.1, 0.15) is 5.78 Å². The average molecular weight is 389 g/mol. The molecule has 3 aromatic rings. The zero-order chi connectivity index (χ0) is 19.7. The summed E-state index contributed by atoms with van der Waals surface area (Å²) in [5.74, 6) is 3.12. The Labute approximate surface area is 167 Å². The highest BCUT2D eigenvalue weighted by atomic mass is 16.7. The van der Waals surface area contributed by atoms with E-state index in [4.69, 9.17) is 18.9 Å². The number of anilines is 1. The number of carbonyl (C=O) groups excluding carboxylic acids is 1. The lowest BCUT2D eigenvalue weighted by atomic mass is 9.84. The van der Waals surface area contributed by atoms with Gasteiger partial charge in [-0.3, -0.25) is 4.79 Å². The molecule has 0 aliphatic carbocycles. The summed E-state index contributed by atoms with van der Waals surface area (Å²) in [4.78, 5) is 14.3. The highest BCUT2D eigenvalue weighted by Gasteiger charge is 2.36. The van der Waals surface area contributed by atoms with Gasteiger partial charge in [0.2, 0.25) is 13.6 Å². The molecule has 146 valence electrons. The fraction of sp³-hybridized carbons (Fsp3) is 0.261. The van der Waals surface area contributed by atoms with Crippen LogP contribution in [0.2, 0.25) is 0 Å².